The maximum Gasteiger partial charge on any atom is 0.341 e. The quantitative estimate of drug-likeness (QED) is 0.545. The van der Waals surface area contributed by atoms with E-state index in [4.69, 9.17) is 4.74 Å². The van der Waals surface area contributed by atoms with E-state index < -0.39 is 5.97 Å². The molecule has 0 saturated heterocycles. The number of hydrogen-bond donors (Lipinski definition) is 1. The molecular formula is C17H20BrN3O4S. The normalized spacial score (nSPS) is 10.7. The molecule has 0 aliphatic carbocycles. The average molecular weight is 442 g/mol. The Labute approximate surface area is 163 Å². The zero-order chi connectivity index (χ0) is 19.6. The monoisotopic (exact) mass is 441 g/mol. The number of Topliss-reactive ketones (excluding diaryl/α,β-unsaturated/α-hetero) is 1. The maximum absolute atomic E-state index is 12.5. The first-order valence-corrected chi connectivity index (χ1v) is 9.59. The lowest BCUT2D eigenvalue weighted by molar-refractivity contribution is -0.116. The predicted molar refractivity (Wildman–Crippen MR) is 103 cm³/mol. The molecule has 0 atom stereocenters. The van der Waals surface area contributed by atoms with E-state index in [0.717, 1.165) is 27.2 Å². The van der Waals surface area contributed by atoms with Crippen LogP contribution in [0.5, 0.6) is 0 Å². The first-order valence-electron chi connectivity index (χ1n) is 7.98. The van der Waals surface area contributed by atoms with Gasteiger partial charge in [-0.15, -0.1) is 11.3 Å². The number of halogens is 1. The Balaban J connectivity index is 2.31. The highest BCUT2D eigenvalue weighted by atomic mass is 79.9. The Morgan fingerprint density at radius 3 is 2.42 bits per heavy atom. The van der Waals surface area contributed by atoms with Gasteiger partial charge in [0.25, 0.3) is 0 Å². The number of rotatable bonds is 6. The van der Waals surface area contributed by atoms with Crippen molar-refractivity contribution in [1.29, 1.82) is 0 Å². The first-order chi connectivity index (χ1) is 12.2. The summed E-state index contributed by atoms with van der Waals surface area (Å²) in [6.07, 6.45) is 0. The summed E-state index contributed by atoms with van der Waals surface area (Å²) in [6.45, 7) is 8.69. The molecule has 1 N–H and O–H groups in total. The third kappa shape index (κ3) is 4.04. The van der Waals surface area contributed by atoms with Crippen LogP contribution in [0.2, 0.25) is 0 Å². The van der Waals surface area contributed by atoms with E-state index in [1.165, 1.54) is 6.92 Å². The largest absolute Gasteiger partial charge is 0.462 e. The number of carbonyl (C=O) groups is 3. The fourth-order valence-corrected chi connectivity index (χ4v) is 3.91. The zero-order valence-electron chi connectivity index (χ0n) is 15.2. The summed E-state index contributed by atoms with van der Waals surface area (Å²) >= 11 is 4.50. The van der Waals surface area contributed by atoms with Crippen LogP contribution in [0.3, 0.4) is 0 Å². The van der Waals surface area contributed by atoms with Crippen molar-refractivity contribution in [3.05, 3.63) is 31.9 Å². The lowest BCUT2D eigenvalue weighted by Gasteiger charge is -2.08. The second-order valence-corrected chi connectivity index (χ2v) is 7.54. The average Bonchev–Trinajstić information content (AvgIpc) is 3.00. The molecule has 0 aliphatic heterocycles. The molecule has 0 saturated carbocycles. The number of ether oxygens (including phenoxy) is 1. The SMILES string of the molecule is CCOC(=O)c1c(NC(=O)Cn2nc(C)c(Br)c2C)sc(C(C)=O)c1C. The summed E-state index contributed by atoms with van der Waals surface area (Å²) in [5.74, 6) is -1.07. The van der Waals surface area contributed by atoms with Crippen LogP contribution in [0.15, 0.2) is 4.47 Å². The fourth-order valence-electron chi connectivity index (χ4n) is 2.52. The Kier molecular flexibility index (Phi) is 6.35. The van der Waals surface area contributed by atoms with E-state index in [2.05, 4.69) is 26.3 Å². The van der Waals surface area contributed by atoms with E-state index in [1.807, 2.05) is 13.8 Å². The molecule has 26 heavy (non-hydrogen) atoms. The summed E-state index contributed by atoms with van der Waals surface area (Å²) in [4.78, 5) is 37.0. The molecule has 1 amide bonds. The molecule has 0 bridgehead atoms. The van der Waals surface area contributed by atoms with Crippen LogP contribution in [0.1, 0.15) is 50.8 Å². The number of aromatic nitrogens is 2. The van der Waals surface area contributed by atoms with E-state index in [0.29, 0.717) is 15.4 Å². The van der Waals surface area contributed by atoms with Crippen LogP contribution < -0.4 is 5.32 Å². The molecule has 2 aromatic heterocycles. The highest BCUT2D eigenvalue weighted by molar-refractivity contribution is 9.10. The Bertz CT molecular complexity index is 885. The molecular weight excluding hydrogens is 422 g/mol. The summed E-state index contributed by atoms with van der Waals surface area (Å²) < 4.78 is 7.49. The maximum atomic E-state index is 12.5. The van der Waals surface area contributed by atoms with Crippen molar-refractivity contribution >= 4 is 49.9 Å². The van der Waals surface area contributed by atoms with Crippen molar-refractivity contribution in [3.63, 3.8) is 0 Å². The number of carbonyl (C=O) groups excluding carboxylic acids is 3. The van der Waals surface area contributed by atoms with Crippen molar-refractivity contribution in [2.24, 2.45) is 0 Å². The van der Waals surface area contributed by atoms with Gasteiger partial charge in [-0.05, 0) is 56.1 Å². The van der Waals surface area contributed by atoms with Crippen molar-refractivity contribution in [3.8, 4) is 0 Å². The summed E-state index contributed by atoms with van der Waals surface area (Å²) in [6, 6.07) is 0. The summed E-state index contributed by atoms with van der Waals surface area (Å²) in [7, 11) is 0. The van der Waals surface area contributed by atoms with Crippen molar-refractivity contribution < 1.29 is 19.1 Å². The smallest absolute Gasteiger partial charge is 0.341 e. The van der Waals surface area contributed by atoms with Crippen LogP contribution in [0.4, 0.5) is 5.00 Å². The predicted octanol–water partition coefficient (Wildman–Crippen LogP) is 3.65. The van der Waals surface area contributed by atoms with Gasteiger partial charge in [0.05, 0.1) is 32.9 Å². The lowest BCUT2D eigenvalue weighted by Crippen LogP contribution is -2.21. The second kappa shape index (κ2) is 8.13. The molecule has 140 valence electrons. The molecule has 0 spiro atoms. The number of nitrogens with one attached hydrogen (secondary N) is 1. The van der Waals surface area contributed by atoms with Crippen LogP contribution >= 0.6 is 27.3 Å². The molecule has 2 aromatic rings. The Morgan fingerprint density at radius 2 is 1.92 bits per heavy atom. The minimum absolute atomic E-state index is 0.00705. The zero-order valence-corrected chi connectivity index (χ0v) is 17.6. The van der Waals surface area contributed by atoms with Gasteiger partial charge in [-0.25, -0.2) is 4.79 Å². The van der Waals surface area contributed by atoms with Gasteiger partial charge in [-0.1, -0.05) is 0 Å². The van der Waals surface area contributed by atoms with Crippen molar-refractivity contribution in [2.75, 3.05) is 11.9 Å². The molecule has 0 radical (unpaired) electrons. The van der Waals surface area contributed by atoms with Gasteiger partial charge < -0.3 is 10.1 Å². The topological polar surface area (TPSA) is 90.3 Å². The van der Waals surface area contributed by atoms with Gasteiger partial charge in [0, 0.05) is 0 Å². The molecule has 0 fully saturated rings. The molecule has 0 aliphatic rings. The molecule has 7 nitrogen and oxygen atoms in total. The molecule has 2 heterocycles. The van der Waals surface area contributed by atoms with Gasteiger partial charge in [-0.2, -0.15) is 5.10 Å². The lowest BCUT2D eigenvalue weighted by atomic mass is 10.1. The highest BCUT2D eigenvalue weighted by Crippen LogP contribution is 2.34. The van der Waals surface area contributed by atoms with E-state index in [-0.39, 0.29) is 30.4 Å². The number of hydrogen-bond acceptors (Lipinski definition) is 6. The minimum atomic E-state index is -0.557. The van der Waals surface area contributed by atoms with Crippen LogP contribution in [0.25, 0.3) is 0 Å². The van der Waals surface area contributed by atoms with Gasteiger partial charge >= 0.3 is 5.97 Å². The highest BCUT2D eigenvalue weighted by Gasteiger charge is 2.25. The number of thiophene rings is 1. The molecule has 2 rings (SSSR count). The second-order valence-electron chi connectivity index (χ2n) is 5.73. The van der Waals surface area contributed by atoms with E-state index in [1.54, 1.807) is 18.5 Å². The van der Waals surface area contributed by atoms with Gasteiger partial charge in [0.1, 0.15) is 11.5 Å². The Morgan fingerprint density at radius 1 is 1.27 bits per heavy atom. The van der Waals surface area contributed by atoms with Crippen molar-refractivity contribution in [2.45, 2.75) is 41.2 Å². The number of amides is 1. The third-order valence-corrected chi connectivity index (χ3v) is 6.24. The number of nitrogens with zero attached hydrogens (tertiary/aromatic N) is 2. The molecule has 9 heteroatoms. The van der Waals surface area contributed by atoms with E-state index >= 15 is 0 Å². The van der Waals surface area contributed by atoms with Crippen LogP contribution in [0, 0.1) is 20.8 Å². The fraction of sp³-hybridized carbons (Fsp3) is 0.412. The van der Waals surface area contributed by atoms with Crippen molar-refractivity contribution in [1.82, 2.24) is 9.78 Å². The molecule has 0 aromatic carbocycles. The van der Waals surface area contributed by atoms with E-state index in [9.17, 15) is 14.4 Å². The standard InChI is InChI=1S/C17H20BrN3O4S/c1-6-25-17(24)13-8(2)15(11(5)22)26-16(13)19-12(23)7-21-10(4)14(18)9(3)20-21/h6-7H2,1-5H3,(H,19,23). The van der Waals surface area contributed by atoms with Gasteiger partial charge in [-0.3, -0.25) is 14.3 Å². The number of esters is 1. The summed E-state index contributed by atoms with van der Waals surface area (Å²) in [5.41, 5.74) is 2.36. The first kappa shape index (κ1) is 20.3. The van der Waals surface area contributed by atoms with Crippen LogP contribution in [-0.4, -0.2) is 34.0 Å². The van der Waals surface area contributed by atoms with Crippen LogP contribution in [-0.2, 0) is 16.1 Å². The Hall–Kier alpha value is -2.00. The number of anilines is 1. The summed E-state index contributed by atoms with van der Waals surface area (Å²) in [5, 5.41) is 7.33. The number of aryl methyl sites for hydroxylation is 1. The number of ketones is 1. The molecule has 0 unspecified atom stereocenters. The van der Waals surface area contributed by atoms with Gasteiger partial charge in [0.15, 0.2) is 5.78 Å². The minimum Gasteiger partial charge on any atom is -0.462 e. The van der Waals surface area contributed by atoms with Gasteiger partial charge in [0.2, 0.25) is 5.91 Å². The third-order valence-electron chi connectivity index (χ3n) is 3.79.